The van der Waals surface area contributed by atoms with Crippen molar-refractivity contribution in [3.05, 3.63) is 18.1 Å². The molecule has 6 heteroatoms. The Kier molecular flexibility index (Phi) is 4.31. The maximum Gasteiger partial charge on any atom is 0.356 e. The van der Waals surface area contributed by atoms with Gasteiger partial charge in [-0.05, 0) is 12.3 Å². The highest BCUT2D eigenvalue weighted by Gasteiger charge is 2.24. The quantitative estimate of drug-likeness (QED) is 0.868. The molecule has 2 heterocycles. The fourth-order valence-electron chi connectivity index (χ4n) is 2.00. The number of nitrogens with zero attached hydrogens (tertiary/aromatic N) is 3. The Morgan fingerprint density at radius 1 is 1.53 bits per heavy atom. The molecule has 1 aromatic heterocycles. The second-order valence-corrected chi connectivity index (χ2v) is 5.15. The maximum atomic E-state index is 10.7. The van der Waals surface area contributed by atoms with Crippen LogP contribution in [0.15, 0.2) is 12.4 Å². The first-order chi connectivity index (χ1) is 9.06. The van der Waals surface area contributed by atoms with Gasteiger partial charge in [0, 0.05) is 19.7 Å². The summed E-state index contributed by atoms with van der Waals surface area (Å²) in [6.45, 7) is 6.67. The van der Waals surface area contributed by atoms with Crippen molar-refractivity contribution in [1.29, 1.82) is 0 Å². The predicted octanol–water partition coefficient (Wildman–Crippen LogP) is 1.43. The summed E-state index contributed by atoms with van der Waals surface area (Å²) in [5.74, 6) is 0.183. The summed E-state index contributed by atoms with van der Waals surface area (Å²) in [6, 6.07) is 0. The van der Waals surface area contributed by atoms with Crippen molar-refractivity contribution in [3.63, 3.8) is 0 Å². The van der Waals surface area contributed by atoms with Crippen LogP contribution in [0.2, 0.25) is 0 Å². The Balaban J connectivity index is 1.91. The number of aromatic carboxylic acids is 1. The highest BCUT2D eigenvalue weighted by Crippen LogP contribution is 2.19. The largest absolute Gasteiger partial charge is 0.476 e. The third-order valence-electron chi connectivity index (χ3n) is 2.99. The van der Waals surface area contributed by atoms with Crippen LogP contribution in [0.5, 0.6) is 0 Å². The number of carboxylic acid groups (broad SMARTS) is 1. The first-order valence-corrected chi connectivity index (χ1v) is 6.48. The highest BCUT2D eigenvalue weighted by atomic mass is 16.5. The van der Waals surface area contributed by atoms with Gasteiger partial charge in [0.25, 0.3) is 0 Å². The first-order valence-electron chi connectivity index (χ1n) is 6.48. The van der Waals surface area contributed by atoms with Gasteiger partial charge < -0.3 is 14.7 Å². The Labute approximate surface area is 112 Å². The molecule has 0 bridgehead atoms. The molecule has 2 rings (SSSR count). The van der Waals surface area contributed by atoms with Crippen LogP contribution in [-0.4, -0.2) is 46.8 Å². The minimum atomic E-state index is -1.06. The van der Waals surface area contributed by atoms with Crippen molar-refractivity contribution < 1.29 is 14.6 Å². The second-order valence-electron chi connectivity index (χ2n) is 5.15. The van der Waals surface area contributed by atoms with Gasteiger partial charge in [-0.1, -0.05) is 13.8 Å². The lowest BCUT2D eigenvalue weighted by Gasteiger charge is -2.17. The molecule has 0 saturated carbocycles. The van der Waals surface area contributed by atoms with E-state index in [1.807, 2.05) is 0 Å². The van der Waals surface area contributed by atoms with Gasteiger partial charge in [-0.25, -0.2) is 14.8 Å². The zero-order chi connectivity index (χ0) is 13.8. The predicted molar refractivity (Wildman–Crippen MR) is 70.4 cm³/mol. The molecule has 1 aliphatic heterocycles. The zero-order valence-electron chi connectivity index (χ0n) is 11.2. The van der Waals surface area contributed by atoms with Gasteiger partial charge in [-0.3, -0.25) is 0 Å². The topological polar surface area (TPSA) is 75.5 Å². The van der Waals surface area contributed by atoms with Gasteiger partial charge in [-0.2, -0.15) is 0 Å². The molecule has 1 aromatic rings. The van der Waals surface area contributed by atoms with E-state index in [9.17, 15) is 4.79 Å². The molecular weight excluding hydrogens is 246 g/mol. The summed E-state index contributed by atoms with van der Waals surface area (Å²) in [5.41, 5.74) is -0.0319. The van der Waals surface area contributed by atoms with Crippen molar-refractivity contribution in [1.82, 2.24) is 9.97 Å². The van der Waals surface area contributed by atoms with Crippen molar-refractivity contribution in [2.75, 3.05) is 24.6 Å². The van der Waals surface area contributed by atoms with Crippen LogP contribution in [0.3, 0.4) is 0 Å². The lowest BCUT2D eigenvalue weighted by Crippen LogP contribution is -2.24. The summed E-state index contributed by atoms with van der Waals surface area (Å²) in [6.07, 6.45) is 3.99. The number of carbonyl (C=O) groups is 1. The van der Waals surface area contributed by atoms with E-state index in [2.05, 4.69) is 28.7 Å². The maximum absolute atomic E-state index is 10.7. The molecule has 0 spiro atoms. The number of aromatic nitrogens is 2. The smallest absolute Gasteiger partial charge is 0.356 e. The van der Waals surface area contributed by atoms with E-state index < -0.39 is 5.97 Å². The minimum absolute atomic E-state index is 0.0319. The standard InChI is InChI=1S/C13H19N3O3/c1-9(2)8-19-10-3-4-16(7-10)12-6-14-11(5-15-12)13(17)18/h5-6,9-10H,3-4,7-8H2,1-2H3,(H,17,18). The average molecular weight is 265 g/mol. The Bertz CT molecular complexity index is 433. The van der Waals surface area contributed by atoms with E-state index in [1.54, 1.807) is 0 Å². The van der Waals surface area contributed by atoms with Crippen LogP contribution in [0, 0.1) is 5.92 Å². The molecule has 0 radical (unpaired) electrons. The van der Waals surface area contributed by atoms with Gasteiger partial charge in [0.1, 0.15) is 5.82 Å². The van der Waals surface area contributed by atoms with E-state index in [0.717, 1.165) is 26.1 Å². The molecule has 1 unspecified atom stereocenters. The van der Waals surface area contributed by atoms with E-state index >= 15 is 0 Å². The zero-order valence-corrected chi connectivity index (χ0v) is 11.2. The Morgan fingerprint density at radius 3 is 2.89 bits per heavy atom. The number of hydrogen-bond acceptors (Lipinski definition) is 5. The van der Waals surface area contributed by atoms with Crippen molar-refractivity contribution in [3.8, 4) is 0 Å². The van der Waals surface area contributed by atoms with Gasteiger partial charge in [-0.15, -0.1) is 0 Å². The molecule has 1 saturated heterocycles. The number of anilines is 1. The average Bonchev–Trinajstić information content (AvgIpc) is 2.85. The highest BCUT2D eigenvalue weighted by molar-refractivity contribution is 5.84. The third-order valence-corrected chi connectivity index (χ3v) is 2.99. The summed E-state index contributed by atoms with van der Waals surface area (Å²) in [5, 5.41) is 8.77. The van der Waals surface area contributed by atoms with Gasteiger partial charge in [0.15, 0.2) is 5.69 Å². The number of ether oxygens (including phenoxy) is 1. The molecule has 1 fully saturated rings. The molecule has 1 N–H and O–H groups in total. The van der Waals surface area contributed by atoms with Crippen molar-refractivity contribution in [2.45, 2.75) is 26.4 Å². The van der Waals surface area contributed by atoms with Gasteiger partial charge in [0.05, 0.1) is 18.5 Å². The van der Waals surface area contributed by atoms with Crippen LogP contribution >= 0.6 is 0 Å². The fraction of sp³-hybridized carbons (Fsp3) is 0.615. The van der Waals surface area contributed by atoms with Crippen molar-refractivity contribution in [2.24, 2.45) is 5.92 Å². The SMILES string of the molecule is CC(C)COC1CCN(c2cnc(C(=O)O)cn2)C1. The molecule has 19 heavy (non-hydrogen) atoms. The lowest BCUT2D eigenvalue weighted by atomic mass is 10.2. The Hall–Kier alpha value is -1.69. The van der Waals surface area contributed by atoms with Crippen molar-refractivity contribution >= 4 is 11.8 Å². The van der Waals surface area contributed by atoms with Crippen LogP contribution in [-0.2, 0) is 4.74 Å². The van der Waals surface area contributed by atoms with E-state index in [4.69, 9.17) is 9.84 Å². The van der Waals surface area contributed by atoms with Gasteiger partial charge >= 0.3 is 5.97 Å². The molecule has 0 aromatic carbocycles. The normalized spacial score (nSPS) is 19.1. The van der Waals surface area contributed by atoms with Crippen LogP contribution < -0.4 is 4.90 Å². The molecule has 0 aliphatic carbocycles. The number of hydrogen-bond donors (Lipinski definition) is 1. The number of rotatable bonds is 5. The summed E-state index contributed by atoms with van der Waals surface area (Å²) in [7, 11) is 0. The molecule has 6 nitrogen and oxygen atoms in total. The van der Waals surface area contributed by atoms with E-state index in [-0.39, 0.29) is 11.8 Å². The lowest BCUT2D eigenvalue weighted by molar-refractivity contribution is 0.0497. The monoisotopic (exact) mass is 265 g/mol. The Morgan fingerprint density at radius 2 is 2.32 bits per heavy atom. The third kappa shape index (κ3) is 3.64. The summed E-state index contributed by atoms with van der Waals surface area (Å²) < 4.78 is 5.79. The summed E-state index contributed by atoms with van der Waals surface area (Å²) >= 11 is 0. The van der Waals surface area contributed by atoms with E-state index in [1.165, 1.54) is 12.4 Å². The minimum Gasteiger partial charge on any atom is -0.476 e. The molecule has 0 amide bonds. The number of carboxylic acids is 1. The van der Waals surface area contributed by atoms with Crippen LogP contribution in [0.1, 0.15) is 30.8 Å². The molecular formula is C13H19N3O3. The van der Waals surface area contributed by atoms with Gasteiger partial charge in [0.2, 0.25) is 0 Å². The first kappa shape index (κ1) is 13.7. The molecule has 1 aliphatic rings. The molecule has 104 valence electrons. The molecule has 1 atom stereocenters. The second kappa shape index (κ2) is 5.97. The fourth-order valence-corrected chi connectivity index (χ4v) is 2.00. The van der Waals surface area contributed by atoms with E-state index in [0.29, 0.717) is 11.7 Å². The van der Waals surface area contributed by atoms with Crippen LogP contribution in [0.4, 0.5) is 5.82 Å². The van der Waals surface area contributed by atoms with Crippen LogP contribution in [0.25, 0.3) is 0 Å². The summed E-state index contributed by atoms with van der Waals surface area (Å²) in [4.78, 5) is 20.8.